The van der Waals surface area contributed by atoms with Crippen molar-refractivity contribution in [2.24, 2.45) is 0 Å². The fourth-order valence-corrected chi connectivity index (χ4v) is 4.13. The lowest BCUT2D eigenvalue weighted by Gasteiger charge is -2.30. The van der Waals surface area contributed by atoms with Crippen LogP contribution in [0.1, 0.15) is 19.4 Å². The Morgan fingerprint density at radius 1 is 1.10 bits per heavy atom. The van der Waals surface area contributed by atoms with E-state index in [0.29, 0.717) is 5.70 Å². The van der Waals surface area contributed by atoms with Crippen LogP contribution in [-0.4, -0.2) is 25.0 Å². The molecule has 1 N–H and O–H groups in total. The zero-order chi connectivity index (χ0) is 22.8. The van der Waals surface area contributed by atoms with Gasteiger partial charge in [0.1, 0.15) is 0 Å². The van der Waals surface area contributed by atoms with E-state index in [9.17, 15) is 18.0 Å². The molecule has 2 aliphatic rings. The molecule has 0 unspecified atom stereocenters. The highest BCUT2D eigenvalue weighted by molar-refractivity contribution is 6.42. The van der Waals surface area contributed by atoms with E-state index >= 15 is 0 Å². The third kappa shape index (κ3) is 3.38. The largest absolute Gasteiger partial charge is 0.492 e. The summed E-state index contributed by atoms with van der Waals surface area (Å²) in [5, 5.41) is 1.81. The summed E-state index contributed by atoms with van der Waals surface area (Å²) in [7, 11) is 1.74. The molecule has 2 aromatic rings. The number of amides is 1. The van der Waals surface area contributed by atoms with Crippen LogP contribution in [-0.2, 0) is 10.2 Å². The van der Waals surface area contributed by atoms with E-state index in [4.69, 9.17) is 32.7 Å². The monoisotopic (exact) mass is 472 g/mol. The van der Waals surface area contributed by atoms with E-state index < -0.39 is 23.4 Å². The zero-order valence-electron chi connectivity index (χ0n) is 16.6. The summed E-state index contributed by atoms with van der Waals surface area (Å²) < 4.78 is 51.8. The average molecular weight is 473 g/mol. The van der Waals surface area contributed by atoms with Crippen molar-refractivity contribution in [2.45, 2.75) is 31.3 Å². The number of para-hydroxylation sites is 1. The van der Waals surface area contributed by atoms with Gasteiger partial charge in [-0.2, -0.15) is 13.2 Å². The van der Waals surface area contributed by atoms with Crippen molar-refractivity contribution in [3.8, 4) is 11.5 Å². The number of nitrogens with one attached hydrogen (secondary N) is 1. The molecule has 2 aromatic carbocycles. The Morgan fingerprint density at radius 2 is 1.65 bits per heavy atom. The zero-order valence-corrected chi connectivity index (χ0v) is 18.1. The number of alkyl halides is 3. The third-order valence-electron chi connectivity index (χ3n) is 5.36. The van der Waals surface area contributed by atoms with Crippen LogP contribution in [0.4, 0.5) is 18.9 Å². The van der Waals surface area contributed by atoms with E-state index in [2.05, 4.69) is 0 Å². The SMILES string of the molecule is CN1C(=CC(=O)NC2(C(F)(F)F)Oc3cc(Cl)c(Cl)cc3O2)C(C)(C)c2ccccc21. The average Bonchev–Trinajstić information content (AvgIpc) is 3.11. The van der Waals surface area contributed by atoms with Gasteiger partial charge in [-0.15, -0.1) is 0 Å². The van der Waals surface area contributed by atoms with Crippen molar-refractivity contribution in [1.82, 2.24) is 5.32 Å². The van der Waals surface area contributed by atoms with Gasteiger partial charge >= 0.3 is 12.1 Å². The van der Waals surface area contributed by atoms with Crippen molar-refractivity contribution in [3.05, 3.63) is 63.8 Å². The molecule has 0 radical (unpaired) electrons. The standard InChI is InChI=1S/C21H17Cl2F3N2O3/c1-19(2)11-6-4-5-7-14(11)28(3)17(19)10-18(29)27-21(20(24,25)26)30-15-8-12(22)13(23)9-16(15)31-21/h4-10H,1-3H3,(H,27,29). The summed E-state index contributed by atoms with van der Waals surface area (Å²) in [6.07, 6.45) is -3.98. The number of hydrogen-bond donors (Lipinski definition) is 1. The van der Waals surface area contributed by atoms with Crippen LogP contribution < -0.4 is 19.7 Å². The van der Waals surface area contributed by atoms with E-state index in [1.54, 1.807) is 11.9 Å². The van der Waals surface area contributed by atoms with Gasteiger partial charge in [0.05, 0.1) is 10.0 Å². The topological polar surface area (TPSA) is 50.8 Å². The number of rotatable bonds is 2. The van der Waals surface area contributed by atoms with Crippen LogP contribution in [0.15, 0.2) is 48.2 Å². The lowest BCUT2D eigenvalue weighted by Crippen LogP contribution is -2.64. The number of halogens is 5. The molecule has 0 aromatic heterocycles. The minimum absolute atomic E-state index is 0.0115. The molecule has 0 saturated carbocycles. The van der Waals surface area contributed by atoms with E-state index in [1.165, 1.54) is 0 Å². The van der Waals surface area contributed by atoms with Crippen LogP contribution in [0.5, 0.6) is 11.5 Å². The number of likely N-dealkylation sites (N-methyl/N-ethyl adjacent to an activating group) is 1. The Balaban J connectivity index is 1.67. The Morgan fingerprint density at radius 3 is 2.16 bits per heavy atom. The second-order valence-electron chi connectivity index (χ2n) is 7.75. The molecule has 10 heteroatoms. The molecule has 2 aliphatic heterocycles. The first-order valence-corrected chi connectivity index (χ1v) is 9.93. The maximum atomic E-state index is 13.9. The minimum Gasteiger partial charge on any atom is -0.424 e. The molecule has 164 valence electrons. The molecule has 1 amide bonds. The fraction of sp³-hybridized carbons (Fsp3) is 0.286. The number of nitrogens with zero attached hydrogens (tertiary/aromatic N) is 1. The van der Waals surface area contributed by atoms with E-state index in [-0.39, 0.29) is 21.5 Å². The Labute approximate surface area is 186 Å². The summed E-state index contributed by atoms with van der Waals surface area (Å²) in [5.74, 6) is -5.02. The van der Waals surface area contributed by atoms with Crippen LogP contribution in [0.3, 0.4) is 0 Å². The first-order chi connectivity index (χ1) is 14.4. The van der Waals surface area contributed by atoms with Gasteiger partial charge in [-0.25, -0.2) is 0 Å². The molecular formula is C21H17Cl2F3N2O3. The smallest absolute Gasteiger partial charge is 0.424 e. The van der Waals surface area contributed by atoms with E-state index in [1.807, 2.05) is 43.4 Å². The van der Waals surface area contributed by atoms with Gasteiger partial charge in [-0.3, -0.25) is 10.1 Å². The van der Waals surface area contributed by atoms with Gasteiger partial charge in [0.15, 0.2) is 11.5 Å². The molecule has 0 aliphatic carbocycles. The molecule has 31 heavy (non-hydrogen) atoms. The maximum absolute atomic E-state index is 13.9. The van der Waals surface area contributed by atoms with Crippen molar-refractivity contribution in [2.75, 3.05) is 11.9 Å². The number of hydrogen-bond acceptors (Lipinski definition) is 4. The van der Waals surface area contributed by atoms with Gasteiger partial charge in [-0.05, 0) is 11.6 Å². The van der Waals surface area contributed by atoms with Gasteiger partial charge in [-0.1, -0.05) is 55.2 Å². The molecule has 0 fully saturated rings. The van der Waals surface area contributed by atoms with E-state index in [0.717, 1.165) is 29.5 Å². The molecule has 5 nitrogen and oxygen atoms in total. The van der Waals surface area contributed by atoms with Crippen molar-refractivity contribution in [3.63, 3.8) is 0 Å². The molecule has 0 atom stereocenters. The Kier molecular flexibility index (Phi) is 4.86. The minimum atomic E-state index is -5.10. The van der Waals surface area contributed by atoms with Crippen molar-refractivity contribution >= 4 is 34.8 Å². The number of benzene rings is 2. The summed E-state index contributed by atoms with van der Waals surface area (Å²) in [6, 6.07) is 9.70. The maximum Gasteiger partial charge on any atom is 0.492 e. The number of allylic oxidation sites excluding steroid dienone is 1. The quantitative estimate of drug-likeness (QED) is 0.593. The highest BCUT2D eigenvalue weighted by Crippen LogP contribution is 2.49. The lowest BCUT2D eigenvalue weighted by atomic mass is 9.84. The number of ether oxygens (including phenoxy) is 2. The van der Waals surface area contributed by atoms with Crippen LogP contribution in [0, 0.1) is 0 Å². The Hall–Kier alpha value is -2.58. The predicted molar refractivity (Wildman–Crippen MR) is 111 cm³/mol. The third-order valence-corrected chi connectivity index (χ3v) is 6.09. The van der Waals surface area contributed by atoms with Gasteiger partial charge < -0.3 is 14.4 Å². The summed E-state index contributed by atoms with van der Waals surface area (Å²) in [4.78, 5) is 14.5. The fourth-order valence-electron chi connectivity index (χ4n) is 3.82. The first-order valence-electron chi connectivity index (χ1n) is 9.17. The van der Waals surface area contributed by atoms with Gasteiger partial charge in [0.25, 0.3) is 5.91 Å². The molecule has 0 saturated heterocycles. The van der Waals surface area contributed by atoms with Crippen molar-refractivity contribution < 1.29 is 27.4 Å². The number of carbonyl (C=O) groups excluding carboxylic acids is 1. The molecule has 0 bridgehead atoms. The highest BCUT2D eigenvalue weighted by Gasteiger charge is 2.65. The molecule has 4 rings (SSSR count). The molecular weight excluding hydrogens is 456 g/mol. The lowest BCUT2D eigenvalue weighted by molar-refractivity contribution is -0.319. The molecule has 0 spiro atoms. The summed E-state index contributed by atoms with van der Waals surface area (Å²) in [5.41, 5.74) is 1.73. The number of carbonyl (C=O) groups is 1. The van der Waals surface area contributed by atoms with Crippen LogP contribution in [0.2, 0.25) is 10.0 Å². The normalized spacial score (nSPS) is 19.5. The van der Waals surface area contributed by atoms with Gasteiger partial charge in [0, 0.05) is 42.1 Å². The second-order valence-corrected chi connectivity index (χ2v) is 8.57. The summed E-state index contributed by atoms with van der Waals surface area (Å²) >= 11 is 11.7. The van der Waals surface area contributed by atoms with Crippen molar-refractivity contribution in [1.29, 1.82) is 0 Å². The van der Waals surface area contributed by atoms with Gasteiger partial charge in [0.2, 0.25) is 0 Å². The second kappa shape index (κ2) is 6.97. The number of fused-ring (bicyclic) bond motifs is 2. The number of anilines is 1. The Bertz CT molecular complexity index is 1080. The summed E-state index contributed by atoms with van der Waals surface area (Å²) in [6.45, 7) is 3.77. The molecule has 2 heterocycles. The highest BCUT2D eigenvalue weighted by atomic mass is 35.5. The predicted octanol–water partition coefficient (Wildman–Crippen LogP) is 5.41. The first kappa shape index (κ1) is 21.6. The van der Waals surface area contributed by atoms with Crippen LogP contribution >= 0.6 is 23.2 Å². The van der Waals surface area contributed by atoms with Crippen LogP contribution in [0.25, 0.3) is 0 Å².